The van der Waals surface area contributed by atoms with Gasteiger partial charge in [-0.3, -0.25) is 9.59 Å². The third-order valence-electron chi connectivity index (χ3n) is 11.0. The zero-order valence-electron chi connectivity index (χ0n) is 32.8. The SMILES string of the molecule is Cc1ccccc1C(=O)CN1C(=O)[C@H](NC(=O)Nc2ccc3c(c2)ncn3C(c2ccccc2)(c2ccccc2)c2ccccc2)N=C(c2ccccc2)c2ccccc21. The van der Waals surface area contributed by atoms with E-state index in [9.17, 15) is 14.4 Å². The fraction of sp³-hybridized carbons (Fsp3) is 0.0784. The summed E-state index contributed by atoms with van der Waals surface area (Å²) in [5.41, 5.74) is 8.17. The lowest BCUT2D eigenvalue weighted by Crippen LogP contribution is -2.50. The van der Waals surface area contributed by atoms with E-state index in [-0.39, 0.29) is 12.3 Å². The van der Waals surface area contributed by atoms with Gasteiger partial charge >= 0.3 is 6.03 Å². The number of carbonyl (C=O) groups is 3. The third kappa shape index (κ3) is 6.92. The molecule has 0 saturated heterocycles. The van der Waals surface area contributed by atoms with Crippen molar-refractivity contribution in [2.24, 2.45) is 4.99 Å². The lowest BCUT2D eigenvalue weighted by Gasteiger charge is -2.38. The van der Waals surface area contributed by atoms with Crippen molar-refractivity contribution in [2.75, 3.05) is 16.8 Å². The molecule has 2 N–H and O–H groups in total. The van der Waals surface area contributed by atoms with Crippen LogP contribution in [0.2, 0.25) is 0 Å². The van der Waals surface area contributed by atoms with Crippen molar-refractivity contribution in [3.05, 3.63) is 233 Å². The normalized spacial score (nSPS) is 13.9. The van der Waals surface area contributed by atoms with Crippen molar-refractivity contribution in [2.45, 2.75) is 18.6 Å². The summed E-state index contributed by atoms with van der Waals surface area (Å²) in [6.45, 7) is 1.62. The average molecular weight is 785 g/mol. The number of imidazole rings is 1. The van der Waals surface area contributed by atoms with Crippen LogP contribution < -0.4 is 15.5 Å². The number of para-hydroxylation sites is 1. The second-order valence-electron chi connectivity index (χ2n) is 14.7. The van der Waals surface area contributed by atoms with Gasteiger partial charge in [0.25, 0.3) is 5.91 Å². The van der Waals surface area contributed by atoms with Crippen LogP contribution in [0.1, 0.15) is 43.7 Å². The number of urea groups is 1. The number of Topliss-reactive ketones (excluding diaryl/α,β-unsaturated/α-hetero) is 1. The van der Waals surface area contributed by atoms with Gasteiger partial charge in [-0.2, -0.15) is 0 Å². The molecule has 1 atom stereocenters. The number of ketones is 1. The van der Waals surface area contributed by atoms with E-state index < -0.39 is 23.6 Å². The first-order valence-corrected chi connectivity index (χ1v) is 19.8. The molecular weight excluding hydrogens is 745 g/mol. The molecule has 9 nitrogen and oxygen atoms in total. The Morgan fingerprint density at radius 2 is 1.23 bits per heavy atom. The number of hydrogen-bond donors (Lipinski definition) is 2. The number of aryl methyl sites for hydroxylation is 1. The third-order valence-corrected chi connectivity index (χ3v) is 11.0. The molecule has 7 aromatic carbocycles. The molecule has 0 radical (unpaired) electrons. The Morgan fingerprint density at radius 1 is 0.667 bits per heavy atom. The first kappa shape index (κ1) is 37.7. The number of carbonyl (C=O) groups excluding carboxylic acids is 3. The van der Waals surface area contributed by atoms with Crippen LogP contribution in [0.5, 0.6) is 0 Å². The van der Waals surface area contributed by atoms with Gasteiger partial charge in [0.2, 0.25) is 6.17 Å². The standard InChI is InChI=1S/C51H40N6O3/c1-35-18-14-15-27-41(35)46(58)33-56-44-29-17-16-28-42(44)47(36-19-6-2-7-20-36)54-48(49(56)59)55-50(60)53-40-30-31-45-43(32-40)52-34-57(45)51(37-21-8-3-9-22-37,38-23-10-4-11-24-38)39-25-12-5-13-26-39/h2-32,34,48H,33H2,1H3,(H2,53,55,60)/t48-/m0/s1. The summed E-state index contributed by atoms with van der Waals surface area (Å²) in [4.78, 5) is 53.5. The Kier molecular flexibility index (Phi) is 10.1. The highest BCUT2D eigenvalue weighted by molar-refractivity contribution is 6.21. The second-order valence-corrected chi connectivity index (χ2v) is 14.7. The summed E-state index contributed by atoms with van der Waals surface area (Å²) in [5.74, 6) is -0.773. The Labute approximate surface area is 347 Å². The number of benzodiazepines with no additional fused rings is 1. The molecule has 1 aromatic heterocycles. The predicted molar refractivity (Wildman–Crippen MR) is 237 cm³/mol. The molecule has 9 heteroatoms. The van der Waals surface area contributed by atoms with Gasteiger partial charge in [-0.1, -0.05) is 164 Å². The minimum atomic E-state index is -1.36. The molecule has 9 rings (SSSR count). The van der Waals surface area contributed by atoms with Crippen LogP contribution >= 0.6 is 0 Å². The Morgan fingerprint density at radius 3 is 1.87 bits per heavy atom. The lowest BCUT2D eigenvalue weighted by molar-refractivity contribution is -0.120. The molecule has 0 aliphatic carbocycles. The van der Waals surface area contributed by atoms with Crippen LogP contribution in [0.4, 0.5) is 16.2 Å². The molecule has 292 valence electrons. The van der Waals surface area contributed by atoms with Gasteiger partial charge in [-0.25, -0.2) is 14.8 Å². The van der Waals surface area contributed by atoms with E-state index in [1.807, 2.05) is 147 Å². The summed E-state index contributed by atoms with van der Waals surface area (Å²) in [6.07, 6.45) is 0.485. The monoisotopic (exact) mass is 784 g/mol. The maximum absolute atomic E-state index is 14.6. The zero-order valence-corrected chi connectivity index (χ0v) is 32.8. The predicted octanol–water partition coefficient (Wildman–Crippen LogP) is 9.40. The van der Waals surface area contributed by atoms with Crippen molar-refractivity contribution in [1.82, 2.24) is 14.9 Å². The van der Waals surface area contributed by atoms with Gasteiger partial charge in [0.05, 0.1) is 35.3 Å². The number of nitrogens with one attached hydrogen (secondary N) is 2. The molecule has 0 spiro atoms. The summed E-state index contributed by atoms with van der Waals surface area (Å²) in [5, 5.41) is 5.75. The fourth-order valence-electron chi connectivity index (χ4n) is 8.23. The van der Waals surface area contributed by atoms with Crippen molar-refractivity contribution < 1.29 is 14.4 Å². The fourth-order valence-corrected chi connectivity index (χ4v) is 8.23. The molecule has 1 aliphatic heterocycles. The number of amides is 3. The van der Waals surface area contributed by atoms with E-state index in [1.54, 1.807) is 18.2 Å². The quantitative estimate of drug-likeness (QED) is 0.106. The first-order chi connectivity index (χ1) is 29.4. The number of nitrogens with zero attached hydrogens (tertiary/aromatic N) is 4. The van der Waals surface area contributed by atoms with E-state index >= 15 is 0 Å². The minimum absolute atomic E-state index is 0.230. The molecule has 2 heterocycles. The number of rotatable bonds is 10. The highest BCUT2D eigenvalue weighted by Crippen LogP contribution is 2.42. The van der Waals surface area contributed by atoms with Crippen molar-refractivity contribution in [3.8, 4) is 0 Å². The molecule has 0 bridgehead atoms. The molecule has 60 heavy (non-hydrogen) atoms. The number of benzene rings is 7. The largest absolute Gasteiger partial charge is 0.321 e. The highest BCUT2D eigenvalue weighted by atomic mass is 16.2. The van der Waals surface area contributed by atoms with Crippen LogP contribution in [-0.4, -0.2) is 45.7 Å². The summed E-state index contributed by atoms with van der Waals surface area (Å²) >= 11 is 0. The molecule has 1 aliphatic rings. The number of anilines is 2. The van der Waals surface area contributed by atoms with Crippen LogP contribution in [0.25, 0.3) is 11.0 Å². The second kappa shape index (κ2) is 16.2. The number of aromatic nitrogens is 2. The first-order valence-electron chi connectivity index (χ1n) is 19.8. The number of hydrogen-bond acceptors (Lipinski definition) is 5. The summed E-state index contributed by atoms with van der Waals surface area (Å²) < 4.78 is 2.18. The van der Waals surface area contributed by atoms with Crippen LogP contribution in [0.3, 0.4) is 0 Å². The van der Waals surface area contributed by atoms with Crippen LogP contribution in [0, 0.1) is 6.92 Å². The van der Waals surface area contributed by atoms with Gasteiger partial charge in [0.15, 0.2) is 5.78 Å². The molecule has 0 fully saturated rings. The van der Waals surface area contributed by atoms with Crippen molar-refractivity contribution in [3.63, 3.8) is 0 Å². The average Bonchev–Trinajstić information content (AvgIpc) is 3.67. The van der Waals surface area contributed by atoms with Gasteiger partial charge in [0.1, 0.15) is 5.54 Å². The Balaban J connectivity index is 1.06. The number of aliphatic imine (C=N–C) groups is 1. The van der Waals surface area contributed by atoms with Gasteiger partial charge in [0, 0.05) is 22.4 Å². The van der Waals surface area contributed by atoms with Crippen LogP contribution in [0.15, 0.2) is 199 Å². The molecule has 0 saturated carbocycles. The lowest BCUT2D eigenvalue weighted by atomic mass is 9.76. The van der Waals surface area contributed by atoms with Gasteiger partial charge in [-0.15, -0.1) is 0 Å². The molecule has 3 amide bonds. The molecule has 0 unspecified atom stereocenters. The maximum Gasteiger partial charge on any atom is 0.321 e. The van der Waals surface area contributed by atoms with E-state index in [0.29, 0.717) is 33.7 Å². The van der Waals surface area contributed by atoms with E-state index in [0.717, 1.165) is 33.3 Å². The van der Waals surface area contributed by atoms with E-state index in [2.05, 4.69) is 51.6 Å². The van der Waals surface area contributed by atoms with Crippen molar-refractivity contribution >= 4 is 45.8 Å². The molecule has 8 aromatic rings. The smallest absolute Gasteiger partial charge is 0.312 e. The van der Waals surface area contributed by atoms with E-state index in [4.69, 9.17) is 9.98 Å². The zero-order chi connectivity index (χ0) is 41.1. The minimum Gasteiger partial charge on any atom is -0.312 e. The highest BCUT2D eigenvalue weighted by Gasteiger charge is 2.39. The Bertz CT molecular complexity index is 2780. The maximum atomic E-state index is 14.6. The summed E-state index contributed by atoms with van der Waals surface area (Å²) in [7, 11) is 0. The number of fused-ring (bicyclic) bond motifs is 2. The van der Waals surface area contributed by atoms with Crippen molar-refractivity contribution in [1.29, 1.82) is 0 Å². The van der Waals surface area contributed by atoms with Gasteiger partial charge in [-0.05, 0) is 53.4 Å². The van der Waals surface area contributed by atoms with Crippen LogP contribution in [-0.2, 0) is 10.3 Å². The molecular formula is C51H40N6O3. The Hall–Kier alpha value is -7.91. The topological polar surface area (TPSA) is 109 Å². The van der Waals surface area contributed by atoms with Gasteiger partial charge < -0.3 is 20.1 Å². The summed E-state index contributed by atoms with van der Waals surface area (Å²) in [6, 6.07) is 60.2. The van der Waals surface area contributed by atoms with E-state index in [1.165, 1.54) is 4.90 Å².